The third-order valence-corrected chi connectivity index (χ3v) is 2.49. The molecule has 1 unspecified atom stereocenters. The van der Waals surface area contributed by atoms with Gasteiger partial charge in [0.2, 0.25) is 0 Å². The third kappa shape index (κ3) is 2.82. The Labute approximate surface area is 84.6 Å². The van der Waals surface area contributed by atoms with Crippen LogP contribution in [0.5, 0.6) is 0 Å². The standard InChI is InChI=1S/C10H19NO3/c1-4-10(6-7-12,11-5-2)8(3)9(13)14/h11-12H,3-7H2,1-2H3,(H,13,14). The van der Waals surface area contributed by atoms with E-state index in [9.17, 15) is 4.79 Å². The van der Waals surface area contributed by atoms with Crippen LogP contribution in [-0.2, 0) is 4.79 Å². The molecule has 4 nitrogen and oxygen atoms in total. The molecule has 0 rings (SSSR count). The molecule has 0 spiro atoms. The molecule has 4 heteroatoms. The van der Waals surface area contributed by atoms with Crippen LogP contribution >= 0.6 is 0 Å². The first-order valence-electron chi connectivity index (χ1n) is 4.82. The molecule has 82 valence electrons. The van der Waals surface area contributed by atoms with Crippen molar-refractivity contribution in [2.75, 3.05) is 13.2 Å². The molecule has 0 radical (unpaired) electrons. The summed E-state index contributed by atoms with van der Waals surface area (Å²) in [5.74, 6) is -1.01. The fourth-order valence-electron chi connectivity index (χ4n) is 1.60. The predicted octanol–water partition coefficient (Wildman–Crippen LogP) is 0.768. The molecule has 1 atom stereocenters. The second kappa shape index (κ2) is 5.78. The Bertz CT molecular complexity index is 207. The largest absolute Gasteiger partial charge is 0.478 e. The van der Waals surface area contributed by atoms with Crippen molar-refractivity contribution in [3.63, 3.8) is 0 Å². The molecule has 0 saturated carbocycles. The lowest BCUT2D eigenvalue weighted by Crippen LogP contribution is -2.48. The molecule has 0 heterocycles. The van der Waals surface area contributed by atoms with Crippen molar-refractivity contribution < 1.29 is 15.0 Å². The fraction of sp³-hybridized carbons (Fsp3) is 0.700. The van der Waals surface area contributed by atoms with E-state index < -0.39 is 11.5 Å². The number of hydrogen-bond donors (Lipinski definition) is 3. The van der Waals surface area contributed by atoms with Crippen LogP contribution in [0.2, 0.25) is 0 Å². The third-order valence-electron chi connectivity index (χ3n) is 2.49. The number of aliphatic hydroxyl groups is 1. The highest BCUT2D eigenvalue weighted by Gasteiger charge is 2.33. The Kier molecular flexibility index (Phi) is 5.42. The number of likely N-dealkylation sites (N-methyl/N-ethyl adjacent to an activating group) is 1. The molecule has 0 aromatic carbocycles. The Hall–Kier alpha value is -0.870. The van der Waals surface area contributed by atoms with Crippen LogP contribution in [0, 0.1) is 0 Å². The SMILES string of the molecule is C=C(C(=O)O)C(CC)(CCO)NCC. The zero-order valence-electron chi connectivity index (χ0n) is 8.84. The van der Waals surface area contributed by atoms with Gasteiger partial charge in [0, 0.05) is 12.2 Å². The van der Waals surface area contributed by atoms with Crippen molar-refractivity contribution in [1.29, 1.82) is 0 Å². The Morgan fingerprint density at radius 2 is 2.07 bits per heavy atom. The smallest absolute Gasteiger partial charge is 0.332 e. The van der Waals surface area contributed by atoms with E-state index in [1.54, 1.807) is 0 Å². The Balaban J connectivity index is 4.81. The highest BCUT2D eigenvalue weighted by atomic mass is 16.4. The summed E-state index contributed by atoms with van der Waals surface area (Å²) in [5, 5.41) is 20.9. The quantitative estimate of drug-likeness (QED) is 0.532. The van der Waals surface area contributed by atoms with E-state index in [2.05, 4.69) is 11.9 Å². The second-order valence-electron chi connectivity index (χ2n) is 3.22. The van der Waals surface area contributed by atoms with Gasteiger partial charge < -0.3 is 15.5 Å². The van der Waals surface area contributed by atoms with Crippen molar-refractivity contribution in [1.82, 2.24) is 5.32 Å². The van der Waals surface area contributed by atoms with Crippen LogP contribution in [0.15, 0.2) is 12.2 Å². The maximum Gasteiger partial charge on any atom is 0.332 e. The average Bonchev–Trinajstić information content (AvgIpc) is 2.16. The lowest BCUT2D eigenvalue weighted by atomic mass is 9.84. The van der Waals surface area contributed by atoms with Gasteiger partial charge in [-0.25, -0.2) is 4.79 Å². The minimum atomic E-state index is -1.01. The molecule has 14 heavy (non-hydrogen) atoms. The first kappa shape index (κ1) is 13.1. The molecule has 0 aliphatic rings. The highest BCUT2D eigenvalue weighted by molar-refractivity contribution is 5.88. The number of nitrogens with one attached hydrogen (secondary N) is 1. The molecule has 0 fully saturated rings. The van der Waals surface area contributed by atoms with E-state index in [0.717, 1.165) is 0 Å². The first-order valence-corrected chi connectivity index (χ1v) is 4.82. The van der Waals surface area contributed by atoms with Gasteiger partial charge in [-0.05, 0) is 19.4 Å². The zero-order valence-corrected chi connectivity index (χ0v) is 8.84. The van der Waals surface area contributed by atoms with E-state index in [1.165, 1.54) is 0 Å². The predicted molar refractivity (Wildman–Crippen MR) is 55.2 cm³/mol. The summed E-state index contributed by atoms with van der Waals surface area (Å²) >= 11 is 0. The molecule has 3 N–H and O–H groups in total. The lowest BCUT2D eigenvalue weighted by molar-refractivity contribution is -0.133. The van der Waals surface area contributed by atoms with Gasteiger partial charge in [-0.3, -0.25) is 0 Å². The molecule has 0 aliphatic carbocycles. The van der Waals surface area contributed by atoms with Gasteiger partial charge in [-0.1, -0.05) is 20.4 Å². The van der Waals surface area contributed by atoms with Crippen molar-refractivity contribution in [2.45, 2.75) is 32.2 Å². The molecule has 0 aromatic heterocycles. The summed E-state index contributed by atoms with van der Waals surface area (Å²) < 4.78 is 0. The summed E-state index contributed by atoms with van der Waals surface area (Å²) in [7, 11) is 0. The highest BCUT2D eigenvalue weighted by Crippen LogP contribution is 2.23. The van der Waals surface area contributed by atoms with Gasteiger partial charge in [-0.2, -0.15) is 0 Å². The van der Waals surface area contributed by atoms with E-state index in [1.807, 2.05) is 13.8 Å². The molecular formula is C10H19NO3. The zero-order chi connectivity index (χ0) is 11.2. The summed E-state index contributed by atoms with van der Waals surface area (Å²) in [5.41, 5.74) is -0.550. The van der Waals surface area contributed by atoms with Crippen LogP contribution in [-0.4, -0.2) is 34.9 Å². The number of carboxylic acid groups (broad SMARTS) is 1. The number of hydrogen-bond acceptors (Lipinski definition) is 3. The van der Waals surface area contributed by atoms with Crippen molar-refractivity contribution in [3.05, 3.63) is 12.2 Å². The van der Waals surface area contributed by atoms with Crippen LogP contribution in [0.4, 0.5) is 0 Å². The minimum absolute atomic E-state index is 0.0485. The molecule has 0 saturated heterocycles. The molecule has 0 aliphatic heterocycles. The fourth-order valence-corrected chi connectivity index (χ4v) is 1.60. The average molecular weight is 201 g/mol. The monoisotopic (exact) mass is 201 g/mol. The minimum Gasteiger partial charge on any atom is -0.478 e. The van der Waals surface area contributed by atoms with Crippen molar-refractivity contribution in [3.8, 4) is 0 Å². The topological polar surface area (TPSA) is 69.6 Å². The normalized spacial score (nSPS) is 14.8. The van der Waals surface area contributed by atoms with Crippen LogP contribution < -0.4 is 5.32 Å². The van der Waals surface area contributed by atoms with Gasteiger partial charge >= 0.3 is 5.97 Å². The maximum absolute atomic E-state index is 10.8. The number of rotatable bonds is 7. The molecule has 0 bridgehead atoms. The maximum atomic E-state index is 10.8. The molecule has 0 amide bonds. The lowest BCUT2D eigenvalue weighted by Gasteiger charge is -2.33. The van der Waals surface area contributed by atoms with Gasteiger partial charge in [0.1, 0.15) is 0 Å². The van der Waals surface area contributed by atoms with E-state index in [-0.39, 0.29) is 12.2 Å². The Morgan fingerprint density at radius 1 is 1.50 bits per heavy atom. The first-order chi connectivity index (χ1) is 6.54. The van der Waals surface area contributed by atoms with Gasteiger partial charge in [0.15, 0.2) is 0 Å². The van der Waals surface area contributed by atoms with Gasteiger partial charge in [0.25, 0.3) is 0 Å². The van der Waals surface area contributed by atoms with Crippen molar-refractivity contribution in [2.24, 2.45) is 0 Å². The Morgan fingerprint density at radius 3 is 2.36 bits per heavy atom. The van der Waals surface area contributed by atoms with Crippen LogP contribution in [0.3, 0.4) is 0 Å². The van der Waals surface area contributed by atoms with E-state index in [0.29, 0.717) is 19.4 Å². The number of carboxylic acids is 1. The van der Waals surface area contributed by atoms with Crippen LogP contribution in [0.25, 0.3) is 0 Å². The van der Waals surface area contributed by atoms with Crippen molar-refractivity contribution >= 4 is 5.97 Å². The van der Waals surface area contributed by atoms with Gasteiger partial charge in [0.05, 0.1) is 5.54 Å². The van der Waals surface area contributed by atoms with E-state index in [4.69, 9.17) is 10.2 Å². The van der Waals surface area contributed by atoms with E-state index >= 15 is 0 Å². The van der Waals surface area contributed by atoms with Gasteiger partial charge in [-0.15, -0.1) is 0 Å². The molecular weight excluding hydrogens is 182 g/mol. The number of aliphatic carboxylic acids is 1. The summed E-state index contributed by atoms with van der Waals surface area (Å²) in [6.45, 7) is 7.95. The number of carbonyl (C=O) groups is 1. The number of aliphatic hydroxyl groups excluding tert-OH is 1. The summed E-state index contributed by atoms with van der Waals surface area (Å²) in [6.07, 6.45) is 0.981. The summed E-state index contributed by atoms with van der Waals surface area (Å²) in [6, 6.07) is 0. The summed E-state index contributed by atoms with van der Waals surface area (Å²) in [4.78, 5) is 10.8. The second-order valence-corrected chi connectivity index (χ2v) is 3.22. The molecule has 0 aromatic rings. The van der Waals surface area contributed by atoms with Crippen LogP contribution in [0.1, 0.15) is 26.7 Å².